The number of benzene rings is 1. The van der Waals surface area contributed by atoms with Crippen LogP contribution < -0.4 is 10.1 Å². The van der Waals surface area contributed by atoms with Crippen LogP contribution in [0.25, 0.3) is 0 Å². The van der Waals surface area contributed by atoms with Crippen LogP contribution in [0.5, 0.6) is 5.75 Å². The number of nitrogens with one attached hydrogen (secondary N) is 1. The molecule has 0 heterocycles. The van der Waals surface area contributed by atoms with Crippen molar-refractivity contribution < 1.29 is 9.13 Å². The Hall–Kier alpha value is -1.09. The van der Waals surface area contributed by atoms with Crippen LogP contribution in [-0.4, -0.2) is 12.1 Å². The Labute approximate surface area is 128 Å². The fourth-order valence-electron chi connectivity index (χ4n) is 3.26. The average molecular weight is 293 g/mol. The molecule has 2 atom stereocenters. The Bertz CT molecular complexity index is 451. The van der Waals surface area contributed by atoms with Crippen LogP contribution in [0.4, 0.5) is 4.39 Å². The normalized spacial score (nSPS) is 26.1. The SMILES string of the molecule is CC1CC(C)CC(Oc2ccc(F)cc2CNC(C)C)C1. The maximum atomic E-state index is 13.5. The van der Waals surface area contributed by atoms with E-state index in [1.165, 1.54) is 12.5 Å². The van der Waals surface area contributed by atoms with Gasteiger partial charge >= 0.3 is 0 Å². The van der Waals surface area contributed by atoms with E-state index in [1.54, 1.807) is 12.1 Å². The monoisotopic (exact) mass is 293 g/mol. The predicted molar refractivity (Wildman–Crippen MR) is 85.0 cm³/mol. The van der Waals surface area contributed by atoms with Crippen molar-refractivity contribution in [3.63, 3.8) is 0 Å². The molecule has 1 aliphatic rings. The Morgan fingerprint density at radius 2 is 1.86 bits per heavy atom. The maximum absolute atomic E-state index is 13.5. The van der Waals surface area contributed by atoms with Crippen LogP contribution in [0.3, 0.4) is 0 Å². The summed E-state index contributed by atoms with van der Waals surface area (Å²) in [6.07, 6.45) is 3.73. The Morgan fingerprint density at radius 1 is 1.19 bits per heavy atom. The van der Waals surface area contributed by atoms with Crippen LogP contribution in [0.1, 0.15) is 52.5 Å². The molecule has 0 amide bonds. The van der Waals surface area contributed by atoms with E-state index in [9.17, 15) is 4.39 Å². The first-order valence-electron chi connectivity index (χ1n) is 8.12. The molecule has 1 aromatic rings. The predicted octanol–water partition coefficient (Wildman–Crippen LogP) is 4.53. The van der Waals surface area contributed by atoms with Crippen LogP contribution >= 0.6 is 0 Å². The lowest BCUT2D eigenvalue weighted by atomic mass is 9.82. The van der Waals surface area contributed by atoms with E-state index in [1.807, 2.05) is 0 Å². The van der Waals surface area contributed by atoms with Gasteiger partial charge in [-0.05, 0) is 49.3 Å². The summed E-state index contributed by atoms with van der Waals surface area (Å²) in [5, 5.41) is 3.34. The highest BCUT2D eigenvalue weighted by Crippen LogP contribution is 2.32. The molecule has 0 saturated heterocycles. The lowest BCUT2D eigenvalue weighted by molar-refractivity contribution is 0.0998. The van der Waals surface area contributed by atoms with Crippen LogP contribution in [-0.2, 0) is 6.54 Å². The van der Waals surface area contributed by atoms with Gasteiger partial charge in [-0.15, -0.1) is 0 Å². The highest BCUT2D eigenvalue weighted by molar-refractivity contribution is 5.34. The van der Waals surface area contributed by atoms with E-state index < -0.39 is 0 Å². The molecule has 0 bridgehead atoms. The van der Waals surface area contributed by atoms with Gasteiger partial charge in [0.2, 0.25) is 0 Å². The van der Waals surface area contributed by atoms with Gasteiger partial charge in [-0.25, -0.2) is 4.39 Å². The minimum Gasteiger partial charge on any atom is -0.490 e. The van der Waals surface area contributed by atoms with Crippen LogP contribution in [0, 0.1) is 17.7 Å². The highest BCUT2D eigenvalue weighted by atomic mass is 19.1. The van der Waals surface area contributed by atoms with Gasteiger partial charge in [-0.3, -0.25) is 0 Å². The lowest BCUT2D eigenvalue weighted by Crippen LogP contribution is -2.29. The third kappa shape index (κ3) is 4.99. The number of rotatable bonds is 5. The van der Waals surface area contributed by atoms with Gasteiger partial charge in [-0.2, -0.15) is 0 Å². The summed E-state index contributed by atoms with van der Waals surface area (Å²) < 4.78 is 19.7. The Kier molecular flexibility index (Phi) is 5.63. The fourth-order valence-corrected chi connectivity index (χ4v) is 3.26. The number of ether oxygens (including phenoxy) is 1. The Morgan fingerprint density at radius 3 is 2.48 bits per heavy atom. The summed E-state index contributed by atoms with van der Waals surface area (Å²) in [7, 11) is 0. The zero-order chi connectivity index (χ0) is 15.4. The summed E-state index contributed by atoms with van der Waals surface area (Å²) in [5.41, 5.74) is 0.912. The molecule has 0 spiro atoms. The summed E-state index contributed by atoms with van der Waals surface area (Å²) in [4.78, 5) is 0. The van der Waals surface area contributed by atoms with E-state index in [2.05, 4.69) is 33.0 Å². The minimum atomic E-state index is -0.201. The topological polar surface area (TPSA) is 21.3 Å². The van der Waals surface area contributed by atoms with E-state index in [-0.39, 0.29) is 11.9 Å². The average Bonchev–Trinajstić information content (AvgIpc) is 2.37. The molecule has 2 unspecified atom stereocenters. The van der Waals surface area contributed by atoms with Gasteiger partial charge in [0.05, 0.1) is 6.10 Å². The maximum Gasteiger partial charge on any atom is 0.124 e. The molecule has 1 fully saturated rings. The molecule has 1 aromatic carbocycles. The van der Waals surface area contributed by atoms with Gasteiger partial charge < -0.3 is 10.1 Å². The lowest BCUT2D eigenvalue weighted by Gasteiger charge is -2.32. The summed E-state index contributed by atoms with van der Waals surface area (Å²) >= 11 is 0. The van der Waals surface area contributed by atoms with Gasteiger partial charge in [0.1, 0.15) is 11.6 Å². The molecule has 3 heteroatoms. The van der Waals surface area contributed by atoms with Gasteiger partial charge in [-0.1, -0.05) is 27.7 Å². The van der Waals surface area contributed by atoms with Crippen molar-refractivity contribution in [2.45, 2.75) is 65.6 Å². The first-order chi connectivity index (χ1) is 9.94. The number of hydrogen-bond acceptors (Lipinski definition) is 2. The molecular formula is C18H28FNO. The van der Waals surface area contributed by atoms with Crippen molar-refractivity contribution in [3.05, 3.63) is 29.6 Å². The first-order valence-corrected chi connectivity index (χ1v) is 8.12. The van der Waals surface area contributed by atoms with Crippen molar-refractivity contribution >= 4 is 0 Å². The molecule has 1 saturated carbocycles. The molecule has 2 nitrogen and oxygen atoms in total. The number of hydrogen-bond donors (Lipinski definition) is 1. The summed E-state index contributed by atoms with van der Waals surface area (Å²) in [6, 6.07) is 5.22. The van der Waals surface area contributed by atoms with E-state index in [0.29, 0.717) is 24.4 Å². The molecule has 1 N–H and O–H groups in total. The molecule has 0 aliphatic heterocycles. The molecule has 1 aliphatic carbocycles. The molecule has 0 aromatic heterocycles. The smallest absolute Gasteiger partial charge is 0.124 e. The molecule has 2 rings (SSSR count). The standard InChI is InChI=1S/C18H28FNO/c1-12(2)20-11-15-10-16(19)5-6-18(15)21-17-8-13(3)7-14(4)9-17/h5-6,10,12-14,17,20H,7-9,11H2,1-4H3. The minimum absolute atomic E-state index is 0.201. The quantitative estimate of drug-likeness (QED) is 0.861. The third-order valence-electron chi connectivity index (χ3n) is 4.15. The van der Waals surface area contributed by atoms with Crippen molar-refractivity contribution in [2.24, 2.45) is 11.8 Å². The largest absolute Gasteiger partial charge is 0.490 e. The third-order valence-corrected chi connectivity index (χ3v) is 4.15. The second-order valence-corrected chi connectivity index (χ2v) is 6.94. The zero-order valence-corrected chi connectivity index (χ0v) is 13.7. The van der Waals surface area contributed by atoms with Crippen LogP contribution in [0.2, 0.25) is 0 Å². The van der Waals surface area contributed by atoms with Crippen molar-refractivity contribution in [2.75, 3.05) is 0 Å². The first kappa shape index (κ1) is 16.3. The molecular weight excluding hydrogens is 265 g/mol. The molecule has 21 heavy (non-hydrogen) atoms. The summed E-state index contributed by atoms with van der Waals surface area (Å²) in [5.74, 6) is 2.04. The fraction of sp³-hybridized carbons (Fsp3) is 0.667. The molecule has 118 valence electrons. The Balaban J connectivity index is 2.07. The van der Waals surface area contributed by atoms with Gasteiger partial charge in [0.25, 0.3) is 0 Å². The van der Waals surface area contributed by atoms with Gasteiger partial charge in [0, 0.05) is 18.2 Å². The van der Waals surface area contributed by atoms with E-state index in [4.69, 9.17) is 4.74 Å². The second-order valence-electron chi connectivity index (χ2n) is 6.94. The van der Waals surface area contributed by atoms with E-state index >= 15 is 0 Å². The van der Waals surface area contributed by atoms with Gasteiger partial charge in [0.15, 0.2) is 0 Å². The van der Waals surface area contributed by atoms with Crippen molar-refractivity contribution in [1.82, 2.24) is 5.32 Å². The van der Waals surface area contributed by atoms with Crippen LogP contribution in [0.15, 0.2) is 18.2 Å². The van der Waals surface area contributed by atoms with E-state index in [0.717, 1.165) is 24.2 Å². The zero-order valence-electron chi connectivity index (χ0n) is 13.7. The highest BCUT2D eigenvalue weighted by Gasteiger charge is 2.25. The van der Waals surface area contributed by atoms with Crippen molar-refractivity contribution in [3.8, 4) is 5.75 Å². The second kappa shape index (κ2) is 7.26. The molecule has 0 radical (unpaired) electrons. The van der Waals surface area contributed by atoms with Crippen molar-refractivity contribution in [1.29, 1.82) is 0 Å². The number of halogens is 1. The summed E-state index contributed by atoms with van der Waals surface area (Å²) in [6.45, 7) is 9.40.